The van der Waals surface area contributed by atoms with Gasteiger partial charge in [-0.15, -0.1) is 0 Å². The molecule has 3 aliphatic rings. The third-order valence-electron chi connectivity index (χ3n) is 7.18. The van der Waals surface area contributed by atoms with Gasteiger partial charge in [0, 0.05) is 0 Å². The summed E-state index contributed by atoms with van der Waals surface area (Å²) < 4.78 is 0. The van der Waals surface area contributed by atoms with E-state index in [0.29, 0.717) is 11.2 Å². The molecule has 0 saturated heterocycles. The van der Waals surface area contributed by atoms with Crippen molar-refractivity contribution in [1.29, 1.82) is 0 Å². The number of aryl methyl sites for hydroxylation is 1. The maximum atomic E-state index is 9.71. The van der Waals surface area contributed by atoms with Crippen LogP contribution in [-0.4, -0.2) is 5.11 Å². The molecule has 4 rings (SSSR count). The number of phenols is 1. The Labute approximate surface area is 122 Å². The molecular formula is C19H26O. The van der Waals surface area contributed by atoms with Crippen molar-refractivity contribution in [3.63, 3.8) is 0 Å². The molecule has 1 N–H and O–H groups in total. The zero-order chi connectivity index (χ0) is 13.9. The van der Waals surface area contributed by atoms with Crippen LogP contribution < -0.4 is 0 Å². The lowest BCUT2D eigenvalue weighted by atomic mass is 9.54. The fraction of sp³-hybridized carbons (Fsp3) is 0.684. The van der Waals surface area contributed by atoms with Crippen LogP contribution in [0.1, 0.15) is 63.0 Å². The molecule has 3 aliphatic carbocycles. The highest BCUT2D eigenvalue weighted by Gasteiger charge is 2.53. The van der Waals surface area contributed by atoms with Crippen molar-refractivity contribution in [2.75, 3.05) is 0 Å². The fourth-order valence-corrected chi connectivity index (χ4v) is 5.83. The number of benzene rings is 1. The molecule has 1 nitrogen and oxygen atoms in total. The summed E-state index contributed by atoms with van der Waals surface area (Å²) in [5, 5.41) is 9.71. The highest BCUT2D eigenvalue weighted by atomic mass is 16.3. The lowest BCUT2D eigenvalue weighted by Gasteiger charge is -2.50. The molecule has 1 heteroatoms. The van der Waals surface area contributed by atoms with Crippen LogP contribution in [0.5, 0.6) is 5.75 Å². The molecule has 1 aromatic carbocycles. The topological polar surface area (TPSA) is 20.2 Å². The van der Waals surface area contributed by atoms with Gasteiger partial charge in [0.15, 0.2) is 0 Å². The molecule has 0 heterocycles. The molecule has 2 fully saturated rings. The molecule has 0 radical (unpaired) electrons. The molecule has 2 saturated carbocycles. The Balaban J connectivity index is 1.71. The minimum absolute atomic E-state index is 0.442. The smallest absolute Gasteiger partial charge is 0.115 e. The maximum Gasteiger partial charge on any atom is 0.115 e. The van der Waals surface area contributed by atoms with Crippen LogP contribution in [0.3, 0.4) is 0 Å². The van der Waals surface area contributed by atoms with Gasteiger partial charge < -0.3 is 5.11 Å². The summed E-state index contributed by atoms with van der Waals surface area (Å²) in [7, 11) is 0. The van der Waals surface area contributed by atoms with Crippen LogP contribution in [0.15, 0.2) is 18.2 Å². The molecule has 0 aliphatic heterocycles. The van der Waals surface area contributed by atoms with Crippen molar-refractivity contribution in [3.8, 4) is 5.75 Å². The average Bonchev–Trinajstić information content (AvgIpc) is 2.74. The van der Waals surface area contributed by atoms with Crippen molar-refractivity contribution < 1.29 is 5.11 Å². The Morgan fingerprint density at radius 1 is 1.15 bits per heavy atom. The van der Waals surface area contributed by atoms with E-state index < -0.39 is 0 Å². The Kier molecular flexibility index (Phi) is 2.71. The van der Waals surface area contributed by atoms with Gasteiger partial charge in [0.25, 0.3) is 0 Å². The SMILES string of the molecule is C[C@H]1CCC2C3CCc4cc(O)ccc4C3CCC21C. The highest BCUT2D eigenvalue weighted by Crippen LogP contribution is 2.62. The Morgan fingerprint density at radius 3 is 2.85 bits per heavy atom. The number of fused-ring (bicyclic) bond motifs is 5. The van der Waals surface area contributed by atoms with Crippen LogP contribution in [0.4, 0.5) is 0 Å². The summed E-state index contributed by atoms with van der Waals surface area (Å²) in [6.45, 7) is 5.05. The van der Waals surface area contributed by atoms with E-state index in [1.807, 2.05) is 12.1 Å². The molecule has 1 aromatic rings. The van der Waals surface area contributed by atoms with Gasteiger partial charge in [-0.05, 0) is 90.9 Å². The van der Waals surface area contributed by atoms with Crippen molar-refractivity contribution in [3.05, 3.63) is 29.3 Å². The van der Waals surface area contributed by atoms with Crippen molar-refractivity contribution in [2.45, 2.75) is 58.3 Å². The molecule has 0 spiro atoms. The first-order chi connectivity index (χ1) is 9.59. The van der Waals surface area contributed by atoms with E-state index in [1.165, 1.54) is 44.1 Å². The van der Waals surface area contributed by atoms with E-state index in [1.54, 1.807) is 5.56 Å². The van der Waals surface area contributed by atoms with Gasteiger partial charge in [-0.3, -0.25) is 0 Å². The lowest BCUT2D eigenvalue weighted by Crippen LogP contribution is -2.41. The van der Waals surface area contributed by atoms with Gasteiger partial charge in [-0.2, -0.15) is 0 Å². The van der Waals surface area contributed by atoms with Crippen LogP contribution in [-0.2, 0) is 6.42 Å². The van der Waals surface area contributed by atoms with E-state index in [9.17, 15) is 5.11 Å². The molecule has 108 valence electrons. The second-order valence-electron chi connectivity index (χ2n) is 7.82. The quantitative estimate of drug-likeness (QED) is 0.712. The monoisotopic (exact) mass is 270 g/mol. The summed E-state index contributed by atoms with van der Waals surface area (Å²) in [6.07, 6.45) is 8.17. The van der Waals surface area contributed by atoms with Crippen LogP contribution in [0.25, 0.3) is 0 Å². The predicted octanol–water partition coefficient (Wildman–Crippen LogP) is 4.88. The normalized spacial score (nSPS) is 42.7. The van der Waals surface area contributed by atoms with E-state index >= 15 is 0 Å². The molecule has 4 unspecified atom stereocenters. The van der Waals surface area contributed by atoms with Gasteiger partial charge >= 0.3 is 0 Å². The van der Waals surface area contributed by atoms with Crippen LogP contribution >= 0.6 is 0 Å². The third kappa shape index (κ3) is 1.61. The standard InChI is InChI=1S/C19H26O/c1-12-3-8-18-17-6-4-13-11-14(20)5-7-15(13)16(17)9-10-19(12,18)2/h5,7,11-12,16-18,20H,3-4,6,8-10H2,1-2H3/t12-,16?,17?,18?,19?/m0/s1. The molecule has 0 bridgehead atoms. The van der Waals surface area contributed by atoms with Gasteiger partial charge in [-0.1, -0.05) is 19.9 Å². The van der Waals surface area contributed by atoms with Gasteiger partial charge in [0.2, 0.25) is 0 Å². The highest BCUT2D eigenvalue weighted by molar-refractivity contribution is 5.40. The number of hydrogen-bond donors (Lipinski definition) is 1. The summed E-state index contributed by atoms with van der Waals surface area (Å²) >= 11 is 0. The van der Waals surface area contributed by atoms with Gasteiger partial charge in [0.1, 0.15) is 5.75 Å². The van der Waals surface area contributed by atoms with E-state index in [-0.39, 0.29) is 0 Å². The lowest BCUT2D eigenvalue weighted by molar-refractivity contribution is 0.0336. The fourth-order valence-electron chi connectivity index (χ4n) is 5.83. The third-order valence-corrected chi connectivity index (χ3v) is 7.18. The van der Waals surface area contributed by atoms with Crippen molar-refractivity contribution in [1.82, 2.24) is 0 Å². The molecule has 0 amide bonds. The van der Waals surface area contributed by atoms with Crippen LogP contribution in [0.2, 0.25) is 0 Å². The minimum atomic E-state index is 0.442. The summed E-state index contributed by atoms with van der Waals surface area (Å²) in [4.78, 5) is 0. The number of aromatic hydroxyl groups is 1. The Hall–Kier alpha value is -0.980. The average molecular weight is 270 g/mol. The molecule has 5 atom stereocenters. The van der Waals surface area contributed by atoms with E-state index in [2.05, 4.69) is 19.9 Å². The minimum Gasteiger partial charge on any atom is -0.508 e. The van der Waals surface area contributed by atoms with Gasteiger partial charge in [-0.25, -0.2) is 0 Å². The Bertz CT molecular complexity index is 535. The molecule has 20 heavy (non-hydrogen) atoms. The first kappa shape index (κ1) is 12.7. The number of rotatable bonds is 0. The summed E-state index contributed by atoms with van der Waals surface area (Å²) in [6, 6.07) is 6.12. The van der Waals surface area contributed by atoms with E-state index in [0.717, 1.165) is 23.7 Å². The first-order valence-electron chi connectivity index (χ1n) is 8.41. The van der Waals surface area contributed by atoms with Crippen molar-refractivity contribution >= 4 is 0 Å². The second-order valence-corrected chi connectivity index (χ2v) is 7.82. The Morgan fingerprint density at radius 2 is 2.00 bits per heavy atom. The summed E-state index contributed by atoms with van der Waals surface area (Å²) in [5.41, 5.74) is 3.58. The van der Waals surface area contributed by atoms with Gasteiger partial charge in [0.05, 0.1) is 0 Å². The maximum absolute atomic E-state index is 9.71. The van der Waals surface area contributed by atoms with Crippen LogP contribution in [0, 0.1) is 23.2 Å². The predicted molar refractivity (Wildman–Crippen MR) is 81.9 cm³/mol. The zero-order valence-electron chi connectivity index (χ0n) is 12.7. The zero-order valence-corrected chi connectivity index (χ0v) is 12.7. The largest absolute Gasteiger partial charge is 0.508 e. The number of phenolic OH excluding ortho intramolecular Hbond substituents is 1. The second kappa shape index (κ2) is 4.26. The van der Waals surface area contributed by atoms with Crippen molar-refractivity contribution in [2.24, 2.45) is 23.2 Å². The summed E-state index contributed by atoms with van der Waals surface area (Å²) in [5.74, 6) is 3.96. The molecular weight excluding hydrogens is 244 g/mol. The van der Waals surface area contributed by atoms with E-state index in [4.69, 9.17) is 0 Å². The number of hydrogen-bond acceptors (Lipinski definition) is 1. The first-order valence-corrected chi connectivity index (χ1v) is 8.41. The molecule has 0 aromatic heterocycles.